The van der Waals surface area contributed by atoms with Crippen LogP contribution in [-0.2, 0) is 6.54 Å². The van der Waals surface area contributed by atoms with E-state index in [-0.39, 0.29) is 5.69 Å². The number of amides is 2. The number of benzene rings is 2. The molecule has 1 saturated heterocycles. The average Bonchev–Trinajstić information content (AvgIpc) is 3.27. The Balaban J connectivity index is 1.36. The van der Waals surface area contributed by atoms with Gasteiger partial charge in [-0.25, -0.2) is 18.7 Å². The number of hydrogen-bond donors (Lipinski definition) is 3. The van der Waals surface area contributed by atoms with Crippen molar-refractivity contribution < 1.29 is 9.18 Å². The molecule has 3 heterocycles. The number of fused-ring (bicyclic) bond motifs is 1. The first-order valence-corrected chi connectivity index (χ1v) is 12.9. The van der Waals surface area contributed by atoms with Crippen molar-refractivity contribution in [1.29, 1.82) is 0 Å². The highest BCUT2D eigenvalue weighted by Gasteiger charge is 2.21. The van der Waals surface area contributed by atoms with Gasteiger partial charge in [0, 0.05) is 50.2 Å². The van der Waals surface area contributed by atoms with Gasteiger partial charge in [0.05, 0.1) is 5.69 Å². The molecule has 9 nitrogen and oxygen atoms in total. The minimum absolute atomic E-state index is 0.134. The number of urea groups is 1. The molecule has 198 valence electrons. The third-order valence-corrected chi connectivity index (χ3v) is 6.88. The largest absolute Gasteiger partial charge is 0.382 e. The normalized spacial score (nSPS) is 14.6. The molecule has 1 fully saturated rings. The van der Waals surface area contributed by atoms with Crippen molar-refractivity contribution in [3.05, 3.63) is 71.9 Å². The molecule has 10 heteroatoms. The Kier molecular flexibility index (Phi) is 7.52. The lowest BCUT2D eigenvalue weighted by atomic mass is 10.0. The predicted molar refractivity (Wildman–Crippen MR) is 149 cm³/mol. The van der Waals surface area contributed by atoms with Crippen LogP contribution in [0, 0.1) is 12.7 Å². The molecule has 0 unspecified atom stereocenters. The quantitative estimate of drug-likeness (QED) is 0.332. The molecule has 0 radical (unpaired) electrons. The summed E-state index contributed by atoms with van der Waals surface area (Å²) in [6.45, 7) is 10.1. The van der Waals surface area contributed by atoms with Crippen molar-refractivity contribution in [1.82, 2.24) is 24.4 Å². The van der Waals surface area contributed by atoms with Crippen LogP contribution in [0.4, 0.5) is 26.4 Å². The average molecular weight is 517 g/mol. The highest BCUT2D eigenvalue weighted by Crippen LogP contribution is 2.34. The van der Waals surface area contributed by atoms with E-state index in [0.717, 1.165) is 67.0 Å². The minimum atomic E-state index is -0.517. The maximum absolute atomic E-state index is 14.0. The molecule has 38 heavy (non-hydrogen) atoms. The third-order valence-electron chi connectivity index (χ3n) is 6.88. The van der Waals surface area contributed by atoms with Gasteiger partial charge in [0.15, 0.2) is 5.82 Å². The van der Waals surface area contributed by atoms with Crippen LogP contribution >= 0.6 is 0 Å². The summed E-state index contributed by atoms with van der Waals surface area (Å²) in [6, 6.07) is 11.6. The van der Waals surface area contributed by atoms with Crippen LogP contribution in [0.3, 0.4) is 0 Å². The number of carbonyl (C=O) groups excluding carboxylic acids is 1. The molecule has 1 aliphatic heterocycles. The van der Waals surface area contributed by atoms with E-state index in [0.29, 0.717) is 11.5 Å². The van der Waals surface area contributed by atoms with Crippen molar-refractivity contribution in [2.75, 3.05) is 49.1 Å². The Morgan fingerprint density at radius 3 is 2.53 bits per heavy atom. The molecule has 1 aliphatic rings. The summed E-state index contributed by atoms with van der Waals surface area (Å²) in [6.07, 6.45) is 4.65. The molecule has 0 saturated carbocycles. The maximum Gasteiger partial charge on any atom is 0.323 e. The Labute approximate surface area is 221 Å². The molecule has 5 rings (SSSR count). The highest BCUT2D eigenvalue weighted by atomic mass is 19.1. The Morgan fingerprint density at radius 2 is 1.79 bits per heavy atom. The van der Waals surface area contributed by atoms with Crippen molar-refractivity contribution in [3.63, 3.8) is 0 Å². The van der Waals surface area contributed by atoms with E-state index in [1.54, 1.807) is 16.6 Å². The second-order valence-electron chi connectivity index (χ2n) is 9.73. The van der Waals surface area contributed by atoms with Crippen LogP contribution in [0.5, 0.6) is 0 Å². The summed E-state index contributed by atoms with van der Waals surface area (Å²) in [4.78, 5) is 21.7. The fourth-order valence-corrected chi connectivity index (χ4v) is 4.99. The van der Waals surface area contributed by atoms with E-state index < -0.39 is 11.8 Å². The predicted octanol–water partition coefficient (Wildman–Crippen LogP) is 4.60. The van der Waals surface area contributed by atoms with Crippen LogP contribution in [0.1, 0.15) is 24.5 Å². The van der Waals surface area contributed by atoms with Gasteiger partial charge in [-0.2, -0.15) is 5.10 Å². The molecule has 4 N–H and O–H groups in total. The van der Waals surface area contributed by atoms with Crippen LogP contribution in [0.25, 0.3) is 16.6 Å². The summed E-state index contributed by atoms with van der Waals surface area (Å²) in [5.41, 5.74) is 11.7. The van der Waals surface area contributed by atoms with Gasteiger partial charge in [-0.15, -0.1) is 0 Å². The molecule has 0 spiro atoms. The van der Waals surface area contributed by atoms with Gasteiger partial charge < -0.3 is 21.3 Å². The molecule has 0 aliphatic carbocycles. The topological polar surface area (TPSA) is 104 Å². The number of aryl methyl sites for hydroxylation is 1. The maximum atomic E-state index is 14.0. The van der Waals surface area contributed by atoms with Gasteiger partial charge in [0.25, 0.3) is 0 Å². The third kappa shape index (κ3) is 5.61. The number of aromatic nitrogens is 3. The summed E-state index contributed by atoms with van der Waals surface area (Å²) in [5, 5.41) is 9.73. The lowest BCUT2D eigenvalue weighted by molar-refractivity contribution is 0.127. The van der Waals surface area contributed by atoms with E-state index in [4.69, 9.17) is 5.73 Å². The van der Waals surface area contributed by atoms with E-state index in [2.05, 4.69) is 37.4 Å². The summed E-state index contributed by atoms with van der Waals surface area (Å²) >= 11 is 0. The number of halogens is 1. The van der Waals surface area contributed by atoms with Gasteiger partial charge in [0.2, 0.25) is 0 Å². The summed E-state index contributed by atoms with van der Waals surface area (Å²) in [5.74, 6) is -0.0726. The first-order chi connectivity index (χ1) is 18.4. The number of carbonyl (C=O) groups is 1. The summed E-state index contributed by atoms with van der Waals surface area (Å²) < 4.78 is 15.8. The summed E-state index contributed by atoms with van der Waals surface area (Å²) in [7, 11) is 0. The van der Waals surface area contributed by atoms with Crippen LogP contribution < -0.4 is 16.4 Å². The highest BCUT2D eigenvalue weighted by molar-refractivity contribution is 6.00. The molecule has 2 aromatic carbocycles. The van der Waals surface area contributed by atoms with E-state index >= 15 is 0 Å². The fourth-order valence-electron chi connectivity index (χ4n) is 4.99. The van der Waals surface area contributed by atoms with Gasteiger partial charge in [0.1, 0.15) is 17.7 Å². The Bertz CT molecular complexity index is 1430. The Hall–Kier alpha value is -4.02. The van der Waals surface area contributed by atoms with Gasteiger partial charge >= 0.3 is 6.03 Å². The van der Waals surface area contributed by atoms with E-state index in [1.165, 1.54) is 18.8 Å². The van der Waals surface area contributed by atoms with Gasteiger partial charge in [-0.05, 0) is 60.8 Å². The van der Waals surface area contributed by atoms with Gasteiger partial charge in [-0.1, -0.05) is 25.1 Å². The van der Waals surface area contributed by atoms with Crippen LogP contribution in [0.15, 0.2) is 55.0 Å². The zero-order valence-corrected chi connectivity index (χ0v) is 21.7. The van der Waals surface area contributed by atoms with Gasteiger partial charge in [-0.3, -0.25) is 4.90 Å². The number of hydrogen-bond acceptors (Lipinski definition) is 6. The second kappa shape index (κ2) is 11.2. The zero-order chi connectivity index (χ0) is 26.6. The number of anilines is 3. The number of nitrogens with zero attached hydrogens (tertiary/aromatic N) is 5. The standard InChI is InChI=1S/C28H33FN8O/c1-3-10-35-11-13-36(14-12-35)16-21-17-37-26(27(30)31-18-32-37)25(21)20-5-7-22(8-6-20)33-28(38)34-24-15-19(2)4-9-23(24)29/h4-9,15,17-18H,3,10-14,16H2,1-2H3,(H2,30,31,32)(H2,33,34,38). The molecule has 0 atom stereocenters. The number of nitrogens with two attached hydrogens (primary N) is 1. The molecule has 0 bridgehead atoms. The zero-order valence-electron chi connectivity index (χ0n) is 21.7. The lowest BCUT2D eigenvalue weighted by Crippen LogP contribution is -2.45. The fraction of sp³-hybridized carbons (Fsp3) is 0.321. The van der Waals surface area contributed by atoms with Crippen molar-refractivity contribution in [3.8, 4) is 11.1 Å². The van der Waals surface area contributed by atoms with Crippen molar-refractivity contribution in [2.24, 2.45) is 0 Å². The second-order valence-corrected chi connectivity index (χ2v) is 9.73. The van der Waals surface area contributed by atoms with Crippen molar-refractivity contribution in [2.45, 2.75) is 26.8 Å². The van der Waals surface area contributed by atoms with Crippen LogP contribution in [-0.4, -0.2) is 63.2 Å². The molecule has 2 amide bonds. The molecular formula is C28H33FN8O. The molecule has 2 aromatic heterocycles. The number of nitrogens with one attached hydrogen (secondary N) is 2. The van der Waals surface area contributed by atoms with E-state index in [9.17, 15) is 9.18 Å². The van der Waals surface area contributed by atoms with Crippen LogP contribution in [0.2, 0.25) is 0 Å². The first kappa shape index (κ1) is 25.6. The Morgan fingerprint density at radius 1 is 1.05 bits per heavy atom. The smallest absolute Gasteiger partial charge is 0.323 e. The van der Waals surface area contributed by atoms with Crippen molar-refractivity contribution >= 4 is 28.7 Å². The first-order valence-electron chi connectivity index (χ1n) is 12.9. The monoisotopic (exact) mass is 516 g/mol. The minimum Gasteiger partial charge on any atom is -0.382 e. The molecular weight excluding hydrogens is 483 g/mol. The van der Waals surface area contributed by atoms with E-state index in [1.807, 2.05) is 37.4 Å². The number of piperazine rings is 1. The lowest BCUT2D eigenvalue weighted by Gasteiger charge is -2.34. The SMILES string of the molecule is CCCN1CCN(Cc2cn3ncnc(N)c3c2-c2ccc(NC(=O)Nc3cc(C)ccc3F)cc2)CC1. The number of nitrogen functional groups attached to an aromatic ring is 1. The number of rotatable bonds is 7. The molecule has 4 aromatic rings.